The van der Waals surface area contributed by atoms with Crippen LogP contribution in [0.25, 0.3) is 0 Å². The minimum absolute atomic E-state index is 0.117. The van der Waals surface area contributed by atoms with Crippen molar-refractivity contribution in [2.75, 3.05) is 5.32 Å². The van der Waals surface area contributed by atoms with E-state index in [9.17, 15) is 4.79 Å². The molecule has 0 aliphatic rings. The lowest BCUT2D eigenvalue weighted by Gasteiger charge is -2.13. The highest BCUT2D eigenvalue weighted by Crippen LogP contribution is 2.17. The normalized spacial score (nSPS) is 12.5. The standard InChI is InChI=1S/C16H24BrNO/c1-4-13(5-2)16(19)18-15-9-7-12(8-10-15)11-14(17)6-3/h7-10,13-14H,4-6,11H2,1-3H3,(H,18,19). The van der Waals surface area contributed by atoms with Gasteiger partial charge in [0.25, 0.3) is 0 Å². The molecule has 0 aliphatic carbocycles. The smallest absolute Gasteiger partial charge is 0.227 e. The number of amides is 1. The Kier molecular flexibility index (Phi) is 7.14. The van der Waals surface area contributed by atoms with Gasteiger partial charge in [0.1, 0.15) is 0 Å². The molecule has 0 aliphatic heterocycles. The third kappa shape index (κ3) is 5.35. The topological polar surface area (TPSA) is 29.1 Å². The van der Waals surface area contributed by atoms with E-state index >= 15 is 0 Å². The molecule has 19 heavy (non-hydrogen) atoms. The van der Waals surface area contributed by atoms with Gasteiger partial charge in [0.15, 0.2) is 0 Å². The van der Waals surface area contributed by atoms with Crippen molar-refractivity contribution in [3.8, 4) is 0 Å². The molecule has 3 heteroatoms. The van der Waals surface area contributed by atoms with Crippen molar-refractivity contribution in [1.82, 2.24) is 0 Å². The summed E-state index contributed by atoms with van der Waals surface area (Å²) in [7, 11) is 0. The number of benzene rings is 1. The number of anilines is 1. The zero-order valence-corrected chi connectivity index (χ0v) is 13.7. The lowest BCUT2D eigenvalue weighted by Crippen LogP contribution is -2.21. The summed E-state index contributed by atoms with van der Waals surface area (Å²) in [4.78, 5) is 12.5. The number of alkyl halides is 1. The second-order valence-electron chi connectivity index (χ2n) is 4.91. The Bertz CT molecular complexity index is 384. The SMILES string of the molecule is CCC(Br)Cc1ccc(NC(=O)C(CC)CC)cc1. The number of hydrogen-bond acceptors (Lipinski definition) is 1. The van der Waals surface area contributed by atoms with E-state index in [1.807, 2.05) is 12.1 Å². The summed E-state index contributed by atoms with van der Waals surface area (Å²) in [6.07, 6.45) is 3.93. The molecule has 1 atom stereocenters. The van der Waals surface area contributed by atoms with E-state index < -0.39 is 0 Å². The largest absolute Gasteiger partial charge is 0.326 e. The van der Waals surface area contributed by atoms with Crippen molar-refractivity contribution >= 4 is 27.5 Å². The molecule has 1 aromatic carbocycles. The van der Waals surface area contributed by atoms with Crippen LogP contribution >= 0.6 is 15.9 Å². The highest BCUT2D eigenvalue weighted by atomic mass is 79.9. The van der Waals surface area contributed by atoms with Gasteiger partial charge in [-0.05, 0) is 43.4 Å². The lowest BCUT2D eigenvalue weighted by molar-refractivity contribution is -0.120. The Morgan fingerprint density at radius 2 is 1.68 bits per heavy atom. The van der Waals surface area contributed by atoms with Crippen molar-refractivity contribution in [2.45, 2.75) is 51.3 Å². The van der Waals surface area contributed by atoms with E-state index in [0.29, 0.717) is 4.83 Å². The van der Waals surface area contributed by atoms with Crippen molar-refractivity contribution in [1.29, 1.82) is 0 Å². The van der Waals surface area contributed by atoms with Crippen LogP contribution in [0, 0.1) is 5.92 Å². The van der Waals surface area contributed by atoms with Crippen molar-refractivity contribution < 1.29 is 4.79 Å². The number of carbonyl (C=O) groups excluding carboxylic acids is 1. The molecule has 0 saturated carbocycles. The average molecular weight is 326 g/mol. The average Bonchev–Trinajstić information content (AvgIpc) is 2.42. The Labute approximate surface area is 125 Å². The Balaban J connectivity index is 2.59. The van der Waals surface area contributed by atoms with Gasteiger partial charge in [-0.3, -0.25) is 4.79 Å². The summed E-state index contributed by atoms with van der Waals surface area (Å²) in [6, 6.07) is 8.16. The van der Waals surface area contributed by atoms with E-state index in [4.69, 9.17) is 0 Å². The van der Waals surface area contributed by atoms with E-state index in [0.717, 1.165) is 31.4 Å². The van der Waals surface area contributed by atoms with Gasteiger partial charge in [0, 0.05) is 16.4 Å². The van der Waals surface area contributed by atoms with Gasteiger partial charge in [-0.1, -0.05) is 48.8 Å². The predicted molar refractivity (Wildman–Crippen MR) is 85.9 cm³/mol. The molecule has 1 aromatic rings. The van der Waals surface area contributed by atoms with Gasteiger partial charge in [-0.2, -0.15) is 0 Å². The Hall–Kier alpha value is -0.830. The third-order valence-electron chi connectivity index (χ3n) is 3.48. The zero-order valence-electron chi connectivity index (χ0n) is 12.1. The molecule has 1 amide bonds. The summed E-state index contributed by atoms with van der Waals surface area (Å²) >= 11 is 3.64. The summed E-state index contributed by atoms with van der Waals surface area (Å²) in [5.74, 6) is 0.247. The molecule has 106 valence electrons. The van der Waals surface area contributed by atoms with Gasteiger partial charge in [-0.25, -0.2) is 0 Å². The first-order valence-corrected chi connectivity index (χ1v) is 8.06. The van der Waals surface area contributed by atoms with E-state index in [1.165, 1.54) is 5.56 Å². The summed E-state index contributed by atoms with van der Waals surface area (Å²) in [6.45, 7) is 6.28. The monoisotopic (exact) mass is 325 g/mol. The highest BCUT2D eigenvalue weighted by Gasteiger charge is 2.13. The molecule has 1 unspecified atom stereocenters. The maximum Gasteiger partial charge on any atom is 0.227 e. The third-order valence-corrected chi connectivity index (χ3v) is 4.45. The van der Waals surface area contributed by atoms with Gasteiger partial charge in [0.05, 0.1) is 0 Å². The fraction of sp³-hybridized carbons (Fsp3) is 0.562. The van der Waals surface area contributed by atoms with Crippen LogP contribution in [-0.2, 0) is 11.2 Å². The lowest BCUT2D eigenvalue weighted by atomic mass is 10.0. The summed E-state index contributed by atoms with van der Waals surface area (Å²) < 4.78 is 0. The first-order chi connectivity index (χ1) is 9.10. The van der Waals surface area contributed by atoms with Crippen LogP contribution in [0.15, 0.2) is 24.3 Å². The highest BCUT2D eigenvalue weighted by molar-refractivity contribution is 9.09. The Morgan fingerprint density at radius 3 is 2.16 bits per heavy atom. The van der Waals surface area contributed by atoms with Gasteiger partial charge < -0.3 is 5.32 Å². The molecule has 0 fully saturated rings. The maximum absolute atomic E-state index is 12.0. The summed E-state index contributed by atoms with van der Waals surface area (Å²) in [5, 5.41) is 2.99. The van der Waals surface area contributed by atoms with E-state index in [2.05, 4.69) is 54.2 Å². The molecule has 0 bridgehead atoms. The molecule has 0 heterocycles. The minimum atomic E-state index is 0.117. The Morgan fingerprint density at radius 1 is 1.11 bits per heavy atom. The molecule has 2 nitrogen and oxygen atoms in total. The fourth-order valence-corrected chi connectivity index (χ4v) is 2.40. The molecular formula is C16H24BrNO. The molecule has 0 spiro atoms. The summed E-state index contributed by atoms with van der Waals surface area (Å²) in [5.41, 5.74) is 2.19. The van der Waals surface area contributed by atoms with Crippen LogP contribution in [0.2, 0.25) is 0 Å². The first-order valence-electron chi connectivity index (χ1n) is 7.14. The molecule has 0 saturated heterocycles. The van der Waals surface area contributed by atoms with Gasteiger partial charge in [0.2, 0.25) is 5.91 Å². The van der Waals surface area contributed by atoms with Crippen LogP contribution in [0.4, 0.5) is 5.69 Å². The minimum Gasteiger partial charge on any atom is -0.326 e. The van der Waals surface area contributed by atoms with Crippen LogP contribution in [-0.4, -0.2) is 10.7 Å². The van der Waals surface area contributed by atoms with Crippen LogP contribution in [0.5, 0.6) is 0 Å². The molecule has 1 N–H and O–H groups in total. The van der Waals surface area contributed by atoms with Gasteiger partial charge in [-0.15, -0.1) is 0 Å². The number of halogens is 1. The number of nitrogens with one attached hydrogen (secondary N) is 1. The fourth-order valence-electron chi connectivity index (χ4n) is 2.03. The van der Waals surface area contributed by atoms with Crippen LogP contribution in [0.1, 0.15) is 45.6 Å². The zero-order chi connectivity index (χ0) is 14.3. The first kappa shape index (κ1) is 16.2. The molecular weight excluding hydrogens is 302 g/mol. The second-order valence-corrected chi connectivity index (χ2v) is 6.20. The van der Waals surface area contributed by atoms with E-state index in [1.54, 1.807) is 0 Å². The van der Waals surface area contributed by atoms with E-state index in [-0.39, 0.29) is 11.8 Å². The number of carbonyl (C=O) groups is 1. The molecule has 0 aromatic heterocycles. The van der Waals surface area contributed by atoms with Gasteiger partial charge >= 0.3 is 0 Å². The van der Waals surface area contributed by atoms with Crippen LogP contribution < -0.4 is 5.32 Å². The quantitative estimate of drug-likeness (QED) is 0.718. The maximum atomic E-state index is 12.0. The van der Waals surface area contributed by atoms with Crippen molar-refractivity contribution in [3.63, 3.8) is 0 Å². The number of rotatable bonds is 7. The second kappa shape index (κ2) is 8.36. The molecule has 0 radical (unpaired) electrons. The van der Waals surface area contributed by atoms with Crippen LogP contribution in [0.3, 0.4) is 0 Å². The van der Waals surface area contributed by atoms with Crippen molar-refractivity contribution in [3.05, 3.63) is 29.8 Å². The van der Waals surface area contributed by atoms with Crippen molar-refractivity contribution in [2.24, 2.45) is 5.92 Å². The number of hydrogen-bond donors (Lipinski definition) is 1. The predicted octanol–water partition coefficient (Wildman–Crippen LogP) is 4.78. The molecule has 1 rings (SSSR count).